The zero-order chi connectivity index (χ0) is 19.5. The van der Waals surface area contributed by atoms with E-state index in [0.717, 1.165) is 11.1 Å². The van der Waals surface area contributed by atoms with Crippen molar-refractivity contribution in [2.45, 2.75) is 6.92 Å². The molecule has 2 heterocycles. The normalized spacial score (nSPS) is 10.6. The Labute approximate surface area is 160 Å². The lowest BCUT2D eigenvalue weighted by Gasteiger charge is -2.06. The molecule has 0 unspecified atom stereocenters. The number of carbonyl (C=O) groups is 1. The van der Waals surface area contributed by atoms with Gasteiger partial charge < -0.3 is 14.8 Å². The third-order valence-electron chi connectivity index (χ3n) is 4.10. The van der Waals surface area contributed by atoms with E-state index in [4.69, 9.17) is 4.42 Å². The molecule has 2 N–H and O–H groups in total. The van der Waals surface area contributed by atoms with E-state index in [1.165, 1.54) is 12.3 Å². The maximum absolute atomic E-state index is 12.3. The van der Waals surface area contributed by atoms with Crippen LogP contribution in [0.1, 0.15) is 15.9 Å². The minimum absolute atomic E-state index is 0.0954. The van der Waals surface area contributed by atoms with Crippen molar-refractivity contribution in [1.29, 1.82) is 0 Å². The molecule has 0 atom stereocenters. The van der Waals surface area contributed by atoms with Crippen LogP contribution in [0.5, 0.6) is 5.75 Å². The molecule has 138 valence electrons. The van der Waals surface area contributed by atoms with Crippen molar-refractivity contribution in [2.24, 2.45) is 0 Å². The number of nitrogens with one attached hydrogen (secondary N) is 1. The van der Waals surface area contributed by atoms with Gasteiger partial charge in [-0.1, -0.05) is 17.7 Å². The molecule has 7 nitrogen and oxygen atoms in total. The predicted octanol–water partition coefficient (Wildman–Crippen LogP) is 4.06. The van der Waals surface area contributed by atoms with Gasteiger partial charge in [-0.3, -0.25) is 4.79 Å². The van der Waals surface area contributed by atoms with E-state index >= 15 is 0 Å². The Hall–Kier alpha value is -4.00. The summed E-state index contributed by atoms with van der Waals surface area (Å²) in [5, 5.41) is 20.5. The zero-order valence-electron chi connectivity index (χ0n) is 15.0. The van der Waals surface area contributed by atoms with Gasteiger partial charge in [0.05, 0.1) is 0 Å². The molecule has 0 aliphatic carbocycles. The summed E-state index contributed by atoms with van der Waals surface area (Å²) in [7, 11) is 0. The van der Waals surface area contributed by atoms with Crippen molar-refractivity contribution in [2.75, 3.05) is 5.32 Å². The molecule has 0 aliphatic heterocycles. The molecule has 0 spiro atoms. The van der Waals surface area contributed by atoms with Gasteiger partial charge in [0, 0.05) is 22.9 Å². The third kappa shape index (κ3) is 3.59. The second kappa shape index (κ2) is 7.32. The summed E-state index contributed by atoms with van der Waals surface area (Å²) in [6.07, 6.45) is 1.49. The lowest BCUT2D eigenvalue weighted by molar-refractivity contribution is 0.102. The van der Waals surface area contributed by atoms with Gasteiger partial charge in [-0.2, -0.15) is 0 Å². The molecule has 0 radical (unpaired) electrons. The van der Waals surface area contributed by atoms with Crippen LogP contribution in [0.3, 0.4) is 0 Å². The SMILES string of the molecule is Cc1cccc(-c2nnc(-c3ccc(C(=O)Nc4ncccc4O)cc3)o2)c1. The van der Waals surface area contributed by atoms with Crippen LogP contribution in [0.25, 0.3) is 22.9 Å². The second-order valence-corrected chi connectivity index (χ2v) is 6.18. The highest BCUT2D eigenvalue weighted by atomic mass is 16.4. The fraction of sp³-hybridized carbons (Fsp3) is 0.0476. The van der Waals surface area contributed by atoms with Crippen molar-refractivity contribution in [3.8, 4) is 28.7 Å². The molecule has 2 aromatic carbocycles. The van der Waals surface area contributed by atoms with Gasteiger partial charge in [0.2, 0.25) is 11.8 Å². The molecule has 7 heteroatoms. The monoisotopic (exact) mass is 372 g/mol. The Morgan fingerprint density at radius 1 is 0.964 bits per heavy atom. The fourth-order valence-corrected chi connectivity index (χ4v) is 2.67. The minimum atomic E-state index is -0.383. The number of amides is 1. The van der Waals surface area contributed by atoms with E-state index in [-0.39, 0.29) is 17.5 Å². The Kier molecular flexibility index (Phi) is 4.55. The molecule has 1 amide bonds. The number of anilines is 1. The van der Waals surface area contributed by atoms with Gasteiger partial charge in [-0.15, -0.1) is 10.2 Å². The van der Waals surface area contributed by atoms with Gasteiger partial charge in [0.25, 0.3) is 5.91 Å². The highest BCUT2D eigenvalue weighted by Crippen LogP contribution is 2.25. The van der Waals surface area contributed by atoms with Crippen LogP contribution in [-0.2, 0) is 0 Å². The lowest BCUT2D eigenvalue weighted by Crippen LogP contribution is -2.12. The Morgan fingerprint density at radius 3 is 2.43 bits per heavy atom. The number of benzene rings is 2. The van der Waals surface area contributed by atoms with Gasteiger partial charge in [-0.25, -0.2) is 4.98 Å². The number of pyridine rings is 1. The van der Waals surface area contributed by atoms with Crippen molar-refractivity contribution in [3.05, 3.63) is 78.0 Å². The summed E-state index contributed by atoms with van der Waals surface area (Å²) in [6, 6.07) is 17.6. The molecule has 2 aromatic heterocycles. The molecule has 4 rings (SSSR count). The quantitative estimate of drug-likeness (QED) is 0.560. The van der Waals surface area contributed by atoms with E-state index in [0.29, 0.717) is 22.9 Å². The average Bonchev–Trinajstić information content (AvgIpc) is 3.20. The van der Waals surface area contributed by atoms with Crippen molar-refractivity contribution in [1.82, 2.24) is 15.2 Å². The van der Waals surface area contributed by atoms with Crippen LogP contribution in [0.4, 0.5) is 5.82 Å². The summed E-state index contributed by atoms with van der Waals surface area (Å²) < 4.78 is 5.76. The molecule has 28 heavy (non-hydrogen) atoms. The molecule has 0 aliphatic rings. The molecule has 0 saturated carbocycles. The number of hydrogen-bond donors (Lipinski definition) is 2. The fourth-order valence-electron chi connectivity index (χ4n) is 2.67. The van der Waals surface area contributed by atoms with E-state index in [9.17, 15) is 9.90 Å². The van der Waals surface area contributed by atoms with Crippen LogP contribution in [0.15, 0.2) is 71.3 Å². The summed E-state index contributed by atoms with van der Waals surface area (Å²) in [6.45, 7) is 2.00. The minimum Gasteiger partial charge on any atom is -0.504 e. The van der Waals surface area contributed by atoms with E-state index in [1.54, 1.807) is 30.3 Å². The van der Waals surface area contributed by atoms with Crippen molar-refractivity contribution >= 4 is 11.7 Å². The molecule has 0 saturated heterocycles. The Balaban J connectivity index is 1.52. The van der Waals surface area contributed by atoms with Crippen LogP contribution < -0.4 is 5.32 Å². The molecule has 4 aromatic rings. The third-order valence-corrected chi connectivity index (χ3v) is 4.10. The zero-order valence-corrected chi connectivity index (χ0v) is 15.0. The second-order valence-electron chi connectivity index (χ2n) is 6.18. The number of aromatic nitrogens is 3. The maximum Gasteiger partial charge on any atom is 0.256 e. The average molecular weight is 372 g/mol. The van der Waals surface area contributed by atoms with E-state index < -0.39 is 0 Å². The molecular weight excluding hydrogens is 356 g/mol. The van der Waals surface area contributed by atoms with Crippen LogP contribution in [0, 0.1) is 6.92 Å². The number of hydrogen-bond acceptors (Lipinski definition) is 6. The topological polar surface area (TPSA) is 101 Å². The predicted molar refractivity (Wildman–Crippen MR) is 104 cm³/mol. The van der Waals surface area contributed by atoms with Gasteiger partial charge >= 0.3 is 0 Å². The van der Waals surface area contributed by atoms with Gasteiger partial charge in [-0.05, 0) is 55.5 Å². The standard InChI is InChI=1S/C21H16N4O3/c1-13-4-2-5-16(12-13)21-25-24-20(28-21)15-9-7-14(8-10-15)19(27)23-18-17(26)6-3-11-22-18/h2-12,26H,1H3,(H,22,23,27). The number of carbonyl (C=O) groups excluding carboxylic acids is 1. The summed E-state index contributed by atoms with van der Waals surface area (Å²) in [5.41, 5.74) is 3.06. The first-order valence-corrected chi connectivity index (χ1v) is 8.56. The van der Waals surface area contributed by atoms with Crippen LogP contribution in [0.2, 0.25) is 0 Å². The first-order valence-electron chi connectivity index (χ1n) is 8.56. The smallest absolute Gasteiger partial charge is 0.256 e. The maximum atomic E-state index is 12.3. The van der Waals surface area contributed by atoms with E-state index in [2.05, 4.69) is 20.5 Å². The number of aromatic hydroxyl groups is 1. The van der Waals surface area contributed by atoms with Crippen molar-refractivity contribution in [3.63, 3.8) is 0 Å². The molecular formula is C21H16N4O3. The van der Waals surface area contributed by atoms with E-state index in [1.807, 2.05) is 31.2 Å². The first-order chi connectivity index (χ1) is 13.6. The summed E-state index contributed by atoms with van der Waals surface area (Å²) >= 11 is 0. The molecule has 0 bridgehead atoms. The van der Waals surface area contributed by atoms with Crippen LogP contribution in [-0.4, -0.2) is 26.2 Å². The summed E-state index contributed by atoms with van der Waals surface area (Å²) in [5.74, 6) is 0.432. The number of nitrogens with zero attached hydrogens (tertiary/aromatic N) is 3. The first kappa shape index (κ1) is 17.4. The Morgan fingerprint density at radius 2 is 1.71 bits per heavy atom. The largest absolute Gasteiger partial charge is 0.504 e. The van der Waals surface area contributed by atoms with Gasteiger partial charge in [0.15, 0.2) is 11.6 Å². The lowest BCUT2D eigenvalue weighted by atomic mass is 10.1. The number of aryl methyl sites for hydroxylation is 1. The van der Waals surface area contributed by atoms with Gasteiger partial charge in [0.1, 0.15) is 0 Å². The number of rotatable bonds is 4. The molecule has 0 fully saturated rings. The highest BCUT2D eigenvalue weighted by Gasteiger charge is 2.13. The Bertz CT molecular complexity index is 1140. The summed E-state index contributed by atoms with van der Waals surface area (Å²) in [4.78, 5) is 16.3. The highest BCUT2D eigenvalue weighted by molar-refractivity contribution is 6.04. The van der Waals surface area contributed by atoms with Crippen LogP contribution >= 0.6 is 0 Å². The van der Waals surface area contributed by atoms with Crippen molar-refractivity contribution < 1.29 is 14.3 Å².